The Morgan fingerprint density at radius 2 is 1.95 bits per heavy atom. The lowest BCUT2D eigenvalue weighted by molar-refractivity contribution is 0.758. The highest BCUT2D eigenvalue weighted by Crippen LogP contribution is 2.24. The largest absolute Gasteiger partial charge is 0.360 e. The number of hydrogen-bond acceptors (Lipinski definition) is 4. The van der Waals surface area contributed by atoms with E-state index in [1.807, 2.05) is 38.1 Å². The third kappa shape index (κ3) is 4.34. The van der Waals surface area contributed by atoms with Crippen LogP contribution in [0.5, 0.6) is 0 Å². The van der Waals surface area contributed by atoms with Crippen molar-refractivity contribution >= 4 is 29.1 Å². The molecule has 1 heterocycles. The molecule has 0 bridgehead atoms. The van der Waals surface area contributed by atoms with Crippen molar-refractivity contribution in [1.29, 1.82) is 0 Å². The molecule has 0 saturated heterocycles. The van der Waals surface area contributed by atoms with E-state index in [2.05, 4.69) is 34.2 Å². The molecule has 0 radical (unpaired) electrons. The third-order valence-electron chi connectivity index (χ3n) is 3.52. The van der Waals surface area contributed by atoms with Crippen LogP contribution in [0.15, 0.2) is 24.3 Å². The van der Waals surface area contributed by atoms with E-state index < -0.39 is 0 Å². The first-order valence-corrected chi connectivity index (χ1v) is 7.97. The van der Waals surface area contributed by atoms with Crippen molar-refractivity contribution in [2.24, 2.45) is 0 Å². The molecule has 5 heteroatoms. The predicted octanol–water partition coefficient (Wildman–Crippen LogP) is 4.73. The van der Waals surface area contributed by atoms with Gasteiger partial charge in [0.15, 0.2) is 0 Å². The fourth-order valence-corrected chi connectivity index (χ4v) is 2.33. The van der Waals surface area contributed by atoms with E-state index in [4.69, 9.17) is 11.6 Å². The summed E-state index contributed by atoms with van der Waals surface area (Å²) in [5, 5.41) is 3.97. The normalized spacial score (nSPS) is 10.6. The van der Waals surface area contributed by atoms with Crippen LogP contribution in [0, 0.1) is 13.8 Å². The number of halogens is 1. The predicted molar refractivity (Wildman–Crippen MR) is 94.4 cm³/mol. The van der Waals surface area contributed by atoms with Gasteiger partial charge in [-0.2, -0.15) is 4.98 Å². The SMILES string of the molecule is CCCCN(C)c1cc(C)nc(Nc2cc(Cl)ccc2C)n1. The molecule has 1 aromatic heterocycles. The third-order valence-corrected chi connectivity index (χ3v) is 3.76. The molecule has 0 fully saturated rings. The first-order valence-electron chi connectivity index (χ1n) is 7.59. The lowest BCUT2D eigenvalue weighted by atomic mass is 10.2. The van der Waals surface area contributed by atoms with Crippen LogP contribution in [-0.4, -0.2) is 23.6 Å². The number of aryl methyl sites for hydroxylation is 2. The van der Waals surface area contributed by atoms with E-state index in [1.165, 1.54) is 6.42 Å². The highest BCUT2D eigenvalue weighted by molar-refractivity contribution is 6.30. The second kappa shape index (κ2) is 7.45. The fourth-order valence-electron chi connectivity index (χ4n) is 2.16. The van der Waals surface area contributed by atoms with E-state index in [-0.39, 0.29) is 0 Å². The monoisotopic (exact) mass is 318 g/mol. The Kier molecular flexibility index (Phi) is 5.61. The average molecular weight is 319 g/mol. The minimum atomic E-state index is 0.601. The standard InChI is InChI=1S/C17H23ClN4/c1-5-6-9-22(4)16-10-13(3)19-17(21-16)20-15-11-14(18)8-7-12(15)2/h7-8,10-11H,5-6,9H2,1-4H3,(H,19,20,21). The van der Waals surface area contributed by atoms with Gasteiger partial charge in [0.05, 0.1) is 0 Å². The molecular weight excluding hydrogens is 296 g/mol. The van der Waals surface area contributed by atoms with Crippen molar-refractivity contribution in [3.05, 3.63) is 40.5 Å². The summed E-state index contributed by atoms with van der Waals surface area (Å²) in [6, 6.07) is 7.76. The Balaban J connectivity index is 2.24. The van der Waals surface area contributed by atoms with Crippen LogP contribution in [0.25, 0.3) is 0 Å². The van der Waals surface area contributed by atoms with Crippen molar-refractivity contribution in [1.82, 2.24) is 9.97 Å². The van der Waals surface area contributed by atoms with Crippen molar-refractivity contribution in [2.75, 3.05) is 23.8 Å². The maximum atomic E-state index is 6.06. The van der Waals surface area contributed by atoms with Gasteiger partial charge in [0, 0.05) is 36.1 Å². The second-order valence-electron chi connectivity index (χ2n) is 5.55. The molecule has 4 nitrogen and oxygen atoms in total. The summed E-state index contributed by atoms with van der Waals surface area (Å²) in [4.78, 5) is 11.2. The summed E-state index contributed by atoms with van der Waals surface area (Å²) >= 11 is 6.06. The molecule has 1 N–H and O–H groups in total. The van der Waals surface area contributed by atoms with Gasteiger partial charge in [-0.3, -0.25) is 0 Å². The molecule has 0 amide bonds. The summed E-state index contributed by atoms with van der Waals surface area (Å²) in [7, 11) is 2.06. The summed E-state index contributed by atoms with van der Waals surface area (Å²) in [5.41, 5.74) is 2.98. The van der Waals surface area contributed by atoms with Crippen molar-refractivity contribution in [2.45, 2.75) is 33.6 Å². The van der Waals surface area contributed by atoms with Gasteiger partial charge in [-0.15, -0.1) is 0 Å². The highest BCUT2D eigenvalue weighted by Gasteiger charge is 2.08. The maximum absolute atomic E-state index is 6.06. The van der Waals surface area contributed by atoms with Gasteiger partial charge in [-0.1, -0.05) is 31.0 Å². The Bertz CT molecular complexity index is 643. The van der Waals surface area contributed by atoms with Crippen molar-refractivity contribution < 1.29 is 0 Å². The number of benzene rings is 1. The van der Waals surface area contributed by atoms with Crippen LogP contribution >= 0.6 is 11.6 Å². The minimum absolute atomic E-state index is 0.601. The molecule has 0 aliphatic heterocycles. The van der Waals surface area contributed by atoms with E-state index in [0.29, 0.717) is 11.0 Å². The number of rotatable bonds is 6. The van der Waals surface area contributed by atoms with Gasteiger partial charge in [-0.25, -0.2) is 4.98 Å². The maximum Gasteiger partial charge on any atom is 0.229 e. The van der Waals surface area contributed by atoms with E-state index in [1.54, 1.807) is 0 Å². The zero-order valence-electron chi connectivity index (χ0n) is 13.7. The molecule has 2 rings (SSSR count). The molecule has 22 heavy (non-hydrogen) atoms. The van der Waals surface area contributed by atoms with Crippen molar-refractivity contribution in [3.8, 4) is 0 Å². The fraction of sp³-hybridized carbons (Fsp3) is 0.412. The average Bonchev–Trinajstić information content (AvgIpc) is 2.48. The number of nitrogens with zero attached hydrogens (tertiary/aromatic N) is 3. The van der Waals surface area contributed by atoms with Gasteiger partial charge in [0.2, 0.25) is 5.95 Å². The lowest BCUT2D eigenvalue weighted by Gasteiger charge is -2.19. The van der Waals surface area contributed by atoms with Gasteiger partial charge in [0.1, 0.15) is 5.82 Å². The Morgan fingerprint density at radius 3 is 2.68 bits per heavy atom. The number of unbranched alkanes of at least 4 members (excludes halogenated alkanes) is 1. The van der Waals surface area contributed by atoms with Crippen LogP contribution < -0.4 is 10.2 Å². The van der Waals surface area contributed by atoms with Crippen LogP contribution in [0.1, 0.15) is 31.0 Å². The summed E-state index contributed by atoms with van der Waals surface area (Å²) in [5.74, 6) is 1.53. The molecule has 0 aliphatic carbocycles. The number of anilines is 3. The zero-order chi connectivity index (χ0) is 16.1. The second-order valence-corrected chi connectivity index (χ2v) is 5.99. The van der Waals surface area contributed by atoms with Crippen LogP contribution in [0.4, 0.5) is 17.5 Å². The van der Waals surface area contributed by atoms with Gasteiger partial charge >= 0.3 is 0 Å². The van der Waals surface area contributed by atoms with Crippen LogP contribution in [0.3, 0.4) is 0 Å². The van der Waals surface area contributed by atoms with Crippen LogP contribution in [-0.2, 0) is 0 Å². The molecule has 0 unspecified atom stereocenters. The number of aromatic nitrogens is 2. The smallest absolute Gasteiger partial charge is 0.229 e. The molecular formula is C17H23ClN4. The molecule has 0 saturated carbocycles. The molecule has 1 aromatic carbocycles. The van der Waals surface area contributed by atoms with Crippen molar-refractivity contribution in [3.63, 3.8) is 0 Å². The molecule has 2 aromatic rings. The van der Waals surface area contributed by atoms with Crippen LogP contribution in [0.2, 0.25) is 5.02 Å². The highest BCUT2D eigenvalue weighted by atomic mass is 35.5. The first-order chi connectivity index (χ1) is 10.5. The van der Waals surface area contributed by atoms with Gasteiger partial charge in [0.25, 0.3) is 0 Å². The lowest BCUT2D eigenvalue weighted by Crippen LogP contribution is -2.20. The van der Waals surface area contributed by atoms with E-state index >= 15 is 0 Å². The number of nitrogens with one attached hydrogen (secondary N) is 1. The summed E-state index contributed by atoms with van der Waals surface area (Å²) in [6.07, 6.45) is 2.32. The molecule has 0 spiro atoms. The molecule has 0 atom stereocenters. The Labute approximate surface area is 137 Å². The minimum Gasteiger partial charge on any atom is -0.360 e. The molecule has 118 valence electrons. The summed E-state index contributed by atoms with van der Waals surface area (Å²) < 4.78 is 0. The molecule has 0 aliphatic rings. The zero-order valence-corrected chi connectivity index (χ0v) is 14.4. The summed E-state index contributed by atoms with van der Waals surface area (Å²) in [6.45, 7) is 7.19. The Morgan fingerprint density at radius 1 is 1.18 bits per heavy atom. The quantitative estimate of drug-likeness (QED) is 0.836. The van der Waals surface area contributed by atoms with Gasteiger partial charge in [-0.05, 0) is 38.0 Å². The number of hydrogen-bond donors (Lipinski definition) is 1. The van der Waals surface area contributed by atoms with E-state index in [9.17, 15) is 0 Å². The van der Waals surface area contributed by atoms with E-state index in [0.717, 1.165) is 35.7 Å². The Hall–Kier alpha value is -1.81. The topological polar surface area (TPSA) is 41.1 Å². The first kappa shape index (κ1) is 16.6. The van der Waals surface area contributed by atoms with Gasteiger partial charge < -0.3 is 10.2 Å².